The first-order valence-electron chi connectivity index (χ1n) is 9.70. The van der Waals surface area contributed by atoms with E-state index in [1.54, 1.807) is 0 Å². The van der Waals surface area contributed by atoms with Gasteiger partial charge in [-0.1, -0.05) is 38.1 Å². The van der Waals surface area contributed by atoms with E-state index in [-0.39, 0.29) is 23.2 Å². The van der Waals surface area contributed by atoms with Crippen LogP contribution in [0.4, 0.5) is 0 Å². The molecule has 0 saturated carbocycles. The molecule has 30 heavy (non-hydrogen) atoms. The summed E-state index contributed by atoms with van der Waals surface area (Å²) in [6, 6.07) is 7.66. The van der Waals surface area contributed by atoms with Gasteiger partial charge in [-0.15, -0.1) is 0 Å². The molecule has 8 nitrogen and oxygen atoms in total. The number of hydrogen-bond donors (Lipinski definition) is 2. The summed E-state index contributed by atoms with van der Waals surface area (Å²) in [5.41, 5.74) is 4.28. The number of H-pyrrole nitrogens is 1. The molecule has 1 radical (unpaired) electrons. The van der Waals surface area contributed by atoms with Gasteiger partial charge in [-0.05, 0) is 37.1 Å². The number of amides is 1. The monoisotopic (exact) mass is 403 g/mol. The second-order valence-corrected chi connectivity index (χ2v) is 8.34. The maximum atomic E-state index is 12.6. The van der Waals surface area contributed by atoms with Crippen molar-refractivity contribution >= 4 is 16.9 Å². The summed E-state index contributed by atoms with van der Waals surface area (Å²) in [6.45, 7) is 9.79. The van der Waals surface area contributed by atoms with Crippen LogP contribution in [0.15, 0.2) is 35.1 Å². The number of nitrogens with zero attached hydrogens (tertiary/aromatic N) is 4. The molecule has 3 aromatic heterocycles. The van der Waals surface area contributed by atoms with Gasteiger partial charge in [0.15, 0.2) is 0 Å². The van der Waals surface area contributed by atoms with Crippen LogP contribution in [0.3, 0.4) is 0 Å². The molecule has 0 fully saturated rings. The summed E-state index contributed by atoms with van der Waals surface area (Å²) >= 11 is 0. The maximum Gasteiger partial charge on any atom is 0.293 e. The first-order chi connectivity index (χ1) is 14.2. The zero-order valence-corrected chi connectivity index (χ0v) is 17.6. The average Bonchev–Trinajstić information content (AvgIpc) is 3.36. The molecule has 4 rings (SSSR count). The van der Waals surface area contributed by atoms with Crippen molar-refractivity contribution < 1.29 is 9.32 Å². The maximum absolute atomic E-state index is 12.6. The van der Waals surface area contributed by atoms with E-state index < -0.39 is 0 Å². The van der Waals surface area contributed by atoms with E-state index in [0.717, 1.165) is 33.4 Å². The Morgan fingerprint density at radius 1 is 1.27 bits per heavy atom. The molecular weight excluding hydrogens is 380 g/mol. The summed E-state index contributed by atoms with van der Waals surface area (Å²) in [6.07, 6.45) is 4.48. The van der Waals surface area contributed by atoms with Gasteiger partial charge in [-0.3, -0.25) is 4.79 Å². The summed E-state index contributed by atoms with van der Waals surface area (Å²) in [5, 5.41) is 7.67. The number of aryl methyl sites for hydroxylation is 1. The Hall–Kier alpha value is -3.55. The number of rotatable bonds is 4. The standard InChI is InChI=1S/C22H23N6O2/c1-12-10-14(17-16-8-9-23-18(16)25-11-24-17)6-7-15(12)13(2)26-20(29)19-27-21(30-28-19)22(3,4)5/h6-8,10-11,13H,1-5H3,(H,26,29)(H,23,24,25)/t13-/m1/s1. The predicted octanol–water partition coefficient (Wildman–Crippen LogP) is 3.91. The second-order valence-electron chi connectivity index (χ2n) is 8.34. The number of aromatic nitrogens is 5. The van der Waals surface area contributed by atoms with Gasteiger partial charge in [0.1, 0.15) is 12.0 Å². The molecule has 1 aromatic carbocycles. The number of hydrogen-bond acceptors (Lipinski definition) is 6. The highest BCUT2D eigenvalue weighted by atomic mass is 16.5. The van der Waals surface area contributed by atoms with E-state index in [1.165, 1.54) is 6.33 Å². The first-order valence-corrected chi connectivity index (χ1v) is 9.70. The number of carbonyl (C=O) groups is 1. The zero-order valence-electron chi connectivity index (χ0n) is 17.6. The van der Waals surface area contributed by atoms with Crippen molar-refractivity contribution in [1.82, 2.24) is 30.4 Å². The minimum Gasteiger partial charge on any atom is -0.343 e. The largest absolute Gasteiger partial charge is 0.343 e. The highest BCUT2D eigenvalue weighted by Gasteiger charge is 2.25. The van der Waals surface area contributed by atoms with Gasteiger partial charge in [0.2, 0.25) is 5.89 Å². The molecule has 0 aliphatic heterocycles. The number of benzene rings is 1. The topological polar surface area (TPSA) is 110 Å². The molecule has 4 aromatic rings. The lowest BCUT2D eigenvalue weighted by atomic mass is 9.97. The van der Waals surface area contributed by atoms with Crippen LogP contribution in [0.2, 0.25) is 0 Å². The van der Waals surface area contributed by atoms with E-state index in [1.807, 2.05) is 52.8 Å². The smallest absolute Gasteiger partial charge is 0.293 e. The van der Waals surface area contributed by atoms with E-state index in [4.69, 9.17) is 4.52 Å². The molecule has 0 aliphatic rings. The lowest BCUT2D eigenvalue weighted by Gasteiger charge is -2.16. The fourth-order valence-corrected chi connectivity index (χ4v) is 3.31. The van der Waals surface area contributed by atoms with E-state index in [2.05, 4.69) is 42.7 Å². The van der Waals surface area contributed by atoms with Gasteiger partial charge in [0.25, 0.3) is 11.7 Å². The summed E-state index contributed by atoms with van der Waals surface area (Å²) < 4.78 is 5.22. The lowest BCUT2D eigenvalue weighted by molar-refractivity contribution is 0.0926. The molecule has 2 N–H and O–H groups in total. The number of fused-ring (bicyclic) bond motifs is 1. The van der Waals surface area contributed by atoms with Crippen LogP contribution < -0.4 is 5.32 Å². The molecule has 0 saturated heterocycles. The molecule has 0 bridgehead atoms. The fourth-order valence-electron chi connectivity index (χ4n) is 3.31. The Morgan fingerprint density at radius 2 is 2.07 bits per heavy atom. The van der Waals surface area contributed by atoms with Crippen LogP contribution in [0.25, 0.3) is 22.3 Å². The molecule has 8 heteroatoms. The Bertz CT molecular complexity index is 1220. The Kier molecular flexibility index (Phi) is 4.85. The lowest BCUT2D eigenvalue weighted by Crippen LogP contribution is -2.28. The quantitative estimate of drug-likeness (QED) is 0.535. The average molecular weight is 403 g/mol. The number of nitrogens with one attached hydrogen (secondary N) is 2. The number of carbonyl (C=O) groups excluding carboxylic acids is 1. The molecule has 153 valence electrons. The van der Waals surface area contributed by atoms with E-state index in [0.29, 0.717) is 5.89 Å². The second kappa shape index (κ2) is 7.37. The first kappa shape index (κ1) is 19.8. The van der Waals surface area contributed by atoms with Gasteiger partial charge in [-0.2, -0.15) is 4.98 Å². The minimum atomic E-state index is -0.370. The fraction of sp³-hybridized carbons (Fsp3) is 0.318. The van der Waals surface area contributed by atoms with Crippen molar-refractivity contribution in [3.63, 3.8) is 0 Å². The van der Waals surface area contributed by atoms with Crippen LogP contribution >= 0.6 is 0 Å². The number of aromatic amines is 1. The van der Waals surface area contributed by atoms with Crippen LogP contribution in [-0.2, 0) is 5.41 Å². The van der Waals surface area contributed by atoms with E-state index >= 15 is 0 Å². The van der Waals surface area contributed by atoms with Crippen LogP contribution in [0.1, 0.15) is 61.4 Å². The van der Waals surface area contributed by atoms with E-state index in [9.17, 15) is 4.79 Å². The van der Waals surface area contributed by atoms with Crippen molar-refractivity contribution in [3.05, 3.63) is 59.6 Å². The van der Waals surface area contributed by atoms with Gasteiger partial charge < -0.3 is 14.8 Å². The third-order valence-corrected chi connectivity index (χ3v) is 4.92. The molecule has 0 spiro atoms. The van der Waals surface area contributed by atoms with Gasteiger partial charge >= 0.3 is 0 Å². The molecule has 1 amide bonds. The molecule has 1 atom stereocenters. The van der Waals surface area contributed by atoms with Crippen molar-refractivity contribution in [2.45, 2.75) is 46.1 Å². The third kappa shape index (κ3) is 3.68. The molecule has 3 heterocycles. The Balaban J connectivity index is 1.55. The minimum absolute atomic E-state index is 0.0353. The van der Waals surface area contributed by atoms with Gasteiger partial charge in [0.05, 0.1) is 17.9 Å². The zero-order chi connectivity index (χ0) is 21.5. The van der Waals surface area contributed by atoms with Gasteiger partial charge in [0, 0.05) is 16.4 Å². The Labute approximate surface area is 174 Å². The highest BCUT2D eigenvalue weighted by molar-refractivity contribution is 5.91. The van der Waals surface area contributed by atoms with Gasteiger partial charge in [-0.25, -0.2) is 9.97 Å². The summed E-state index contributed by atoms with van der Waals surface area (Å²) in [7, 11) is 0. The van der Waals surface area contributed by atoms with Crippen molar-refractivity contribution in [2.24, 2.45) is 0 Å². The highest BCUT2D eigenvalue weighted by Crippen LogP contribution is 2.28. The molecular formula is C22H23N6O2. The van der Waals surface area contributed by atoms with Crippen molar-refractivity contribution in [2.75, 3.05) is 0 Å². The normalized spacial score (nSPS) is 12.8. The van der Waals surface area contributed by atoms with Crippen molar-refractivity contribution in [1.29, 1.82) is 0 Å². The van der Waals surface area contributed by atoms with Crippen LogP contribution in [-0.4, -0.2) is 31.0 Å². The molecule has 0 aliphatic carbocycles. The van der Waals surface area contributed by atoms with Crippen LogP contribution in [0.5, 0.6) is 0 Å². The van der Waals surface area contributed by atoms with Crippen LogP contribution in [0, 0.1) is 13.1 Å². The summed E-state index contributed by atoms with van der Waals surface area (Å²) in [5.74, 6) is 0.0951. The van der Waals surface area contributed by atoms with Crippen molar-refractivity contribution in [3.8, 4) is 11.3 Å². The predicted molar refractivity (Wildman–Crippen MR) is 112 cm³/mol. The Morgan fingerprint density at radius 3 is 2.77 bits per heavy atom. The SMILES string of the molecule is Cc1cc(-c2ncnc3[nH][c]cc23)ccc1[C@@H](C)NC(=O)c1noc(C(C)(C)C)n1. The summed E-state index contributed by atoms with van der Waals surface area (Å²) in [4.78, 5) is 28.4. The molecule has 0 unspecified atom stereocenters. The third-order valence-electron chi connectivity index (χ3n) is 4.92.